The van der Waals surface area contributed by atoms with E-state index in [9.17, 15) is 0 Å². The molecule has 2 nitrogen and oxygen atoms in total. The summed E-state index contributed by atoms with van der Waals surface area (Å²) in [7, 11) is 1.64. The van der Waals surface area contributed by atoms with Crippen molar-refractivity contribution in [2.75, 3.05) is 13.7 Å². The summed E-state index contributed by atoms with van der Waals surface area (Å²) in [6, 6.07) is 10.4. The molecule has 0 N–H and O–H groups in total. The first-order chi connectivity index (χ1) is 10.1. The Morgan fingerprint density at radius 2 is 1.95 bits per heavy atom. The van der Waals surface area contributed by atoms with Crippen molar-refractivity contribution in [1.29, 1.82) is 0 Å². The van der Waals surface area contributed by atoms with E-state index < -0.39 is 0 Å². The van der Waals surface area contributed by atoms with Gasteiger partial charge in [-0.25, -0.2) is 0 Å². The second kappa shape index (κ2) is 5.53. The first-order valence-corrected chi connectivity index (χ1v) is 7.47. The SMILES string of the molecule is COc1cc2c(cc1Cl)CCN=C2c1cccc(C)c1C. The van der Waals surface area contributed by atoms with Gasteiger partial charge in [-0.2, -0.15) is 0 Å². The zero-order chi connectivity index (χ0) is 15.0. The number of aliphatic imine (C=N–C) groups is 1. The molecule has 1 heterocycles. The van der Waals surface area contributed by atoms with Gasteiger partial charge in [-0.3, -0.25) is 4.99 Å². The highest BCUT2D eigenvalue weighted by molar-refractivity contribution is 6.32. The highest BCUT2D eigenvalue weighted by Gasteiger charge is 2.20. The summed E-state index contributed by atoms with van der Waals surface area (Å²) in [5, 5.41) is 0.665. The number of hydrogen-bond donors (Lipinski definition) is 0. The average Bonchev–Trinajstić information content (AvgIpc) is 2.49. The van der Waals surface area contributed by atoms with E-state index in [0.29, 0.717) is 10.8 Å². The Balaban J connectivity index is 2.19. The van der Waals surface area contributed by atoms with E-state index in [2.05, 4.69) is 32.0 Å². The van der Waals surface area contributed by atoms with Gasteiger partial charge in [-0.05, 0) is 49.1 Å². The fourth-order valence-corrected chi connectivity index (χ4v) is 3.05. The van der Waals surface area contributed by atoms with Gasteiger partial charge in [0.1, 0.15) is 5.75 Å². The zero-order valence-corrected chi connectivity index (χ0v) is 13.3. The molecule has 0 aromatic heterocycles. The number of hydrogen-bond acceptors (Lipinski definition) is 2. The van der Waals surface area contributed by atoms with E-state index >= 15 is 0 Å². The van der Waals surface area contributed by atoms with E-state index in [-0.39, 0.29) is 0 Å². The Bertz CT molecular complexity index is 734. The molecule has 108 valence electrons. The van der Waals surface area contributed by atoms with Crippen molar-refractivity contribution in [3.8, 4) is 5.75 Å². The monoisotopic (exact) mass is 299 g/mol. The third kappa shape index (κ3) is 2.44. The quantitative estimate of drug-likeness (QED) is 0.807. The van der Waals surface area contributed by atoms with E-state index in [1.54, 1.807) is 7.11 Å². The first-order valence-electron chi connectivity index (χ1n) is 7.09. The van der Waals surface area contributed by atoms with Crippen molar-refractivity contribution in [1.82, 2.24) is 0 Å². The molecule has 0 atom stereocenters. The highest BCUT2D eigenvalue weighted by Crippen LogP contribution is 2.32. The molecule has 0 amide bonds. The van der Waals surface area contributed by atoms with Crippen LogP contribution in [0.4, 0.5) is 0 Å². The summed E-state index contributed by atoms with van der Waals surface area (Å²) in [5.74, 6) is 0.704. The molecule has 0 fully saturated rings. The molecule has 0 aliphatic carbocycles. The van der Waals surface area contributed by atoms with Crippen molar-refractivity contribution >= 4 is 17.3 Å². The largest absolute Gasteiger partial charge is 0.495 e. The van der Waals surface area contributed by atoms with E-state index in [1.807, 2.05) is 12.1 Å². The van der Waals surface area contributed by atoms with Crippen molar-refractivity contribution in [2.45, 2.75) is 20.3 Å². The number of benzene rings is 2. The molecule has 0 saturated carbocycles. The van der Waals surface area contributed by atoms with Crippen molar-refractivity contribution < 1.29 is 4.74 Å². The minimum atomic E-state index is 0.665. The summed E-state index contributed by atoms with van der Waals surface area (Å²) < 4.78 is 5.36. The van der Waals surface area contributed by atoms with Crippen LogP contribution in [0.15, 0.2) is 35.3 Å². The predicted octanol–water partition coefficient (Wildman–Crippen LogP) is 4.36. The van der Waals surface area contributed by atoms with Gasteiger partial charge in [0.05, 0.1) is 17.8 Å². The van der Waals surface area contributed by atoms with Crippen LogP contribution in [0.25, 0.3) is 0 Å². The van der Waals surface area contributed by atoms with Gasteiger partial charge in [-0.15, -0.1) is 0 Å². The standard InChI is InChI=1S/C18H18ClNO/c1-11-5-4-6-14(12(11)2)18-15-10-17(21-3)16(19)9-13(15)7-8-20-18/h4-6,9-10H,7-8H2,1-3H3. The number of nitrogens with zero attached hydrogens (tertiary/aromatic N) is 1. The molecule has 0 unspecified atom stereocenters. The third-order valence-electron chi connectivity index (χ3n) is 4.14. The fourth-order valence-electron chi connectivity index (χ4n) is 2.79. The van der Waals surface area contributed by atoms with Crippen LogP contribution >= 0.6 is 11.6 Å². The van der Waals surface area contributed by atoms with Gasteiger partial charge in [0, 0.05) is 17.7 Å². The van der Waals surface area contributed by atoms with Gasteiger partial charge in [0.25, 0.3) is 0 Å². The fraction of sp³-hybridized carbons (Fsp3) is 0.278. The molecule has 2 aromatic rings. The second-order valence-corrected chi connectivity index (χ2v) is 5.78. The number of methoxy groups -OCH3 is 1. The normalized spacial score (nSPS) is 13.6. The Labute approximate surface area is 130 Å². The Hall–Kier alpha value is -1.80. The minimum absolute atomic E-state index is 0.665. The van der Waals surface area contributed by atoms with Crippen LogP contribution in [0, 0.1) is 13.8 Å². The van der Waals surface area contributed by atoms with Crippen LogP contribution in [-0.4, -0.2) is 19.4 Å². The predicted molar refractivity (Wildman–Crippen MR) is 88.1 cm³/mol. The Kier molecular flexibility index (Phi) is 3.73. The van der Waals surface area contributed by atoms with Crippen molar-refractivity contribution in [2.24, 2.45) is 4.99 Å². The van der Waals surface area contributed by atoms with Crippen LogP contribution in [0.1, 0.15) is 27.8 Å². The van der Waals surface area contributed by atoms with Crippen LogP contribution in [0.5, 0.6) is 5.75 Å². The van der Waals surface area contributed by atoms with Gasteiger partial charge in [-0.1, -0.05) is 29.8 Å². The summed E-state index contributed by atoms with van der Waals surface area (Å²) in [6.07, 6.45) is 0.924. The summed E-state index contributed by atoms with van der Waals surface area (Å²) in [6.45, 7) is 5.08. The number of ether oxygens (including phenoxy) is 1. The van der Waals surface area contributed by atoms with Gasteiger partial charge in [0.15, 0.2) is 0 Å². The average molecular weight is 300 g/mol. The van der Waals surface area contributed by atoms with E-state index in [1.165, 1.54) is 22.3 Å². The molecule has 3 heteroatoms. The lowest BCUT2D eigenvalue weighted by atomic mass is 9.90. The minimum Gasteiger partial charge on any atom is -0.495 e. The molecular weight excluding hydrogens is 282 g/mol. The molecule has 0 saturated heterocycles. The third-order valence-corrected chi connectivity index (χ3v) is 4.44. The van der Waals surface area contributed by atoms with Crippen LogP contribution in [-0.2, 0) is 6.42 Å². The summed E-state index contributed by atoms with van der Waals surface area (Å²) in [4.78, 5) is 4.77. The Morgan fingerprint density at radius 3 is 2.71 bits per heavy atom. The van der Waals surface area contributed by atoms with Crippen LogP contribution < -0.4 is 4.74 Å². The number of rotatable bonds is 2. The van der Waals surface area contributed by atoms with Crippen LogP contribution in [0.2, 0.25) is 5.02 Å². The lowest BCUT2D eigenvalue weighted by Crippen LogP contribution is -2.16. The van der Waals surface area contributed by atoms with Gasteiger partial charge < -0.3 is 4.74 Å². The van der Waals surface area contributed by atoms with E-state index in [0.717, 1.165) is 24.2 Å². The molecule has 3 rings (SSSR count). The molecule has 2 aromatic carbocycles. The van der Waals surface area contributed by atoms with Crippen LogP contribution in [0.3, 0.4) is 0 Å². The lowest BCUT2D eigenvalue weighted by molar-refractivity contribution is 0.414. The van der Waals surface area contributed by atoms with Crippen molar-refractivity contribution in [3.05, 3.63) is 63.2 Å². The molecule has 1 aliphatic heterocycles. The smallest absolute Gasteiger partial charge is 0.138 e. The second-order valence-electron chi connectivity index (χ2n) is 5.37. The maximum atomic E-state index is 6.25. The van der Waals surface area contributed by atoms with Crippen molar-refractivity contribution in [3.63, 3.8) is 0 Å². The molecule has 21 heavy (non-hydrogen) atoms. The zero-order valence-electron chi connectivity index (χ0n) is 12.5. The molecule has 1 aliphatic rings. The maximum Gasteiger partial charge on any atom is 0.138 e. The lowest BCUT2D eigenvalue weighted by Gasteiger charge is -2.20. The highest BCUT2D eigenvalue weighted by atomic mass is 35.5. The maximum absolute atomic E-state index is 6.25. The molecular formula is C18H18ClNO. The summed E-state index contributed by atoms with van der Waals surface area (Å²) in [5.41, 5.74) is 7.18. The number of aryl methyl sites for hydroxylation is 1. The molecule has 0 radical (unpaired) electrons. The summed E-state index contributed by atoms with van der Waals surface area (Å²) >= 11 is 6.25. The molecule has 0 bridgehead atoms. The number of halogens is 1. The molecule has 0 spiro atoms. The van der Waals surface area contributed by atoms with Gasteiger partial charge >= 0.3 is 0 Å². The number of fused-ring (bicyclic) bond motifs is 1. The Morgan fingerprint density at radius 1 is 1.14 bits per heavy atom. The first kappa shape index (κ1) is 14.2. The van der Waals surface area contributed by atoms with Gasteiger partial charge in [0.2, 0.25) is 0 Å². The van der Waals surface area contributed by atoms with E-state index in [4.69, 9.17) is 21.3 Å². The topological polar surface area (TPSA) is 21.6 Å².